The molecule has 5 N–H and O–H groups in total. The monoisotopic (exact) mass is 368 g/mol. The highest BCUT2D eigenvalue weighted by Gasteiger charge is 2.30. The Labute approximate surface area is 158 Å². The first kappa shape index (κ1) is 18.9. The zero-order valence-electron chi connectivity index (χ0n) is 15.0. The van der Waals surface area contributed by atoms with E-state index in [1.165, 1.54) is 0 Å². The van der Waals surface area contributed by atoms with Crippen LogP contribution in [-0.4, -0.2) is 37.0 Å². The van der Waals surface area contributed by atoms with Gasteiger partial charge >= 0.3 is 0 Å². The first-order valence-electron chi connectivity index (χ1n) is 8.94. The van der Waals surface area contributed by atoms with E-state index in [1.54, 1.807) is 12.1 Å². The summed E-state index contributed by atoms with van der Waals surface area (Å²) in [5.74, 6) is 0.395. The van der Waals surface area contributed by atoms with Crippen LogP contribution in [0.2, 0.25) is 0 Å². The van der Waals surface area contributed by atoms with Gasteiger partial charge in [-0.1, -0.05) is 30.3 Å². The minimum Gasteiger partial charge on any atom is -0.489 e. The van der Waals surface area contributed by atoms with Crippen molar-refractivity contribution < 1.29 is 14.3 Å². The van der Waals surface area contributed by atoms with E-state index in [0.29, 0.717) is 25.3 Å². The smallest absolute Gasteiger partial charge is 0.241 e. The predicted molar refractivity (Wildman–Crippen MR) is 103 cm³/mol. The third kappa shape index (κ3) is 5.54. The lowest BCUT2D eigenvalue weighted by molar-refractivity contribution is -0.121. The molecule has 7 heteroatoms. The summed E-state index contributed by atoms with van der Waals surface area (Å²) in [6.07, 6.45) is 0.538. The van der Waals surface area contributed by atoms with Gasteiger partial charge in [-0.25, -0.2) is 0 Å². The molecule has 0 bridgehead atoms. The Morgan fingerprint density at radius 1 is 1.11 bits per heavy atom. The third-order valence-corrected chi connectivity index (χ3v) is 4.37. The molecule has 2 amide bonds. The number of carbonyl (C=O) groups is 2. The lowest BCUT2D eigenvalue weighted by Gasteiger charge is -2.13. The maximum atomic E-state index is 12.4. The number of ether oxygens (including phenoxy) is 1. The van der Waals surface area contributed by atoms with Crippen LogP contribution < -0.4 is 26.4 Å². The summed E-state index contributed by atoms with van der Waals surface area (Å²) < 4.78 is 5.74. The van der Waals surface area contributed by atoms with Gasteiger partial charge in [-0.15, -0.1) is 0 Å². The molecule has 0 aliphatic carbocycles. The van der Waals surface area contributed by atoms with Crippen molar-refractivity contribution in [3.63, 3.8) is 0 Å². The van der Waals surface area contributed by atoms with E-state index in [4.69, 9.17) is 10.5 Å². The largest absolute Gasteiger partial charge is 0.489 e. The van der Waals surface area contributed by atoms with Crippen molar-refractivity contribution in [1.29, 1.82) is 0 Å². The number of hydrogen-bond acceptors (Lipinski definition) is 5. The van der Waals surface area contributed by atoms with E-state index in [1.807, 2.05) is 42.5 Å². The first-order valence-corrected chi connectivity index (χ1v) is 8.94. The Morgan fingerprint density at radius 3 is 2.56 bits per heavy atom. The highest BCUT2D eigenvalue weighted by Crippen LogP contribution is 2.18. The summed E-state index contributed by atoms with van der Waals surface area (Å²) in [6, 6.07) is 16.8. The van der Waals surface area contributed by atoms with Crippen LogP contribution in [0.1, 0.15) is 12.0 Å². The van der Waals surface area contributed by atoms with Gasteiger partial charge in [0.15, 0.2) is 0 Å². The van der Waals surface area contributed by atoms with Crippen molar-refractivity contribution in [2.24, 2.45) is 5.73 Å². The van der Waals surface area contributed by atoms with Gasteiger partial charge in [-0.2, -0.15) is 0 Å². The van der Waals surface area contributed by atoms with Gasteiger partial charge in [0.05, 0.1) is 12.6 Å². The average molecular weight is 368 g/mol. The van der Waals surface area contributed by atoms with E-state index in [2.05, 4.69) is 16.0 Å². The number of hydrogen-bond donors (Lipinski definition) is 4. The van der Waals surface area contributed by atoms with Crippen molar-refractivity contribution in [3.8, 4) is 5.75 Å². The van der Waals surface area contributed by atoms with E-state index < -0.39 is 0 Å². The van der Waals surface area contributed by atoms with Gasteiger partial charge in [0.1, 0.15) is 12.4 Å². The molecule has 27 heavy (non-hydrogen) atoms. The van der Waals surface area contributed by atoms with Gasteiger partial charge < -0.3 is 26.4 Å². The number of rotatable bonds is 7. The Morgan fingerprint density at radius 2 is 1.85 bits per heavy atom. The summed E-state index contributed by atoms with van der Waals surface area (Å²) in [5.41, 5.74) is 7.08. The van der Waals surface area contributed by atoms with Crippen LogP contribution in [-0.2, 0) is 16.2 Å². The third-order valence-electron chi connectivity index (χ3n) is 4.37. The molecule has 1 aliphatic heterocycles. The lowest BCUT2D eigenvalue weighted by Crippen LogP contribution is -2.39. The fourth-order valence-corrected chi connectivity index (χ4v) is 2.94. The maximum Gasteiger partial charge on any atom is 0.241 e. The van der Waals surface area contributed by atoms with Crippen LogP contribution in [0, 0.1) is 0 Å². The summed E-state index contributed by atoms with van der Waals surface area (Å²) in [6.45, 7) is 0.997. The number of carbonyl (C=O) groups excluding carboxylic acids is 2. The molecule has 0 spiro atoms. The van der Waals surface area contributed by atoms with Gasteiger partial charge in [-0.05, 0) is 36.2 Å². The van der Waals surface area contributed by atoms with Crippen molar-refractivity contribution in [1.82, 2.24) is 10.6 Å². The molecule has 0 unspecified atom stereocenters. The second kappa shape index (κ2) is 9.16. The fourth-order valence-electron chi connectivity index (χ4n) is 2.94. The molecule has 2 atom stereocenters. The Kier molecular flexibility index (Phi) is 6.40. The molecule has 0 aromatic heterocycles. The normalized spacial score (nSPS) is 18.7. The summed E-state index contributed by atoms with van der Waals surface area (Å²) >= 11 is 0. The minimum atomic E-state index is -0.345. The number of anilines is 1. The first-order chi connectivity index (χ1) is 13.1. The van der Waals surface area contributed by atoms with Crippen molar-refractivity contribution in [2.45, 2.75) is 25.1 Å². The van der Waals surface area contributed by atoms with Gasteiger partial charge in [0, 0.05) is 18.3 Å². The number of nitrogens with two attached hydrogens (primary N) is 1. The molecule has 0 saturated carbocycles. The van der Waals surface area contributed by atoms with Gasteiger partial charge in [0.2, 0.25) is 11.8 Å². The average Bonchev–Trinajstić information content (AvgIpc) is 3.17. The maximum absolute atomic E-state index is 12.4. The molecule has 1 aliphatic rings. The molecular weight excluding hydrogens is 344 g/mol. The van der Waals surface area contributed by atoms with Crippen LogP contribution in [0.3, 0.4) is 0 Å². The topological polar surface area (TPSA) is 105 Å². The van der Waals surface area contributed by atoms with Crippen molar-refractivity contribution in [3.05, 3.63) is 60.2 Å². The van der Waals surface area contributed by atoms with Crippen LogP contribution in [0.5, 0.6) is 5.75 Å². The molecule has 142 valence electrons. The molecule has 2 aromatic rings. The Hall–Kier alpha value is -2.90. The molecule has 7 nitrogen and oxygen atoms in total. The van der Waals surface area contributed by atoms with Crippen LogP contribution in [0.15, 0.2) is 54.6 Å². The molecule has 1 fully saturated rings. The molecule has 1 saturated heterocycles. The number of benzene rings is 2. The minimum absolute atomic E-state index is 0.0495. The lowest BCUT2D eigenvalue weighted by atomic mass is 10.1. The van der Waals surface area contributed by atoms with E-state index in [9.17, 15) is 9.59 Å². The summed E-state index contributed by atoms with van der Waals surface area (Å²) in [7, 11) is 0. The number of amides is 2. The molecule has 0 radical (unpaired) electrons. The Balaban J connectivity index is 1.46. The highest BCUT2D eigenvalue weighted by atomic mass is 16.5. The van der Waals surface area contributed by atoms with E-state index in [0.717, 1.165) is 11.3 Å². The Bertz CT molecular complexity index is 765. The summed E-state index contributed by atoms with van der Waals surface area (Å²) in [4.78, 5) is 23.7. The molecule has 3 rings (SSSR count). The quantitative estimate of drug-likeness (QED) is 0.584. The molecule has 1 heterocycles. The second-order valence-corrected chi connectivity index (χ2v) is 6.45. The van der Waals surface area contributed by atoms with Crippen LogP contribution in [0.25, 0.3) is 0 Å². The van der Waals surface area contributed by atoms with E-state index in [-0.39, 0.29) is 30.4 Å². The van der Waals surface area contributed by atoms with E-state index >= 15 is 0 Å². The molecule has 2 aromatic carbocycles. The standard InChI is InChI=1S/C20H24N4O3/c21-11-19(25)23-16-10-18(22-12-16)20(26)24-15-6-8-17(9-7-15)27-13-14-4-2-1-3-5-14/h1-9,16,18,22H,10-13,21H2,(H,23,25)(H,24,26)/t16-,18+/m1/s1. The predicted octanol–water partition coefficient (Wildman–Crippen LogP) is 1.01. The van der Waals surface area contributed by atoms with Crippen LogP contribution in [0.4, 0.5) is 5.69 Å². The number of nitrogens with one attached hydrogen (secondary N) is 3. The van der Waals surface area contributed by atoms with Crippen molar-refractivity contribution in [2.75, 3.05) is 18.4 Å². The zero-order chi connectivity index (χ0) is 19.1. The fraction of sp³-hybridized carbons (Fsp3) is 0.300. The molecular formula is C20H24N4O3. The van der Waals surface area contributed by atoms with Crippen LogP contribution >= 0.6 is 0 Å². The van der Waals surface area contributed by atoms with Gasteiger partial charge in [0.25, 0.3) is 0 Å². The highest BCUT2D eigenvalue weighted by molar-refractivity contribution is 5.95. The SMILES string of the molecule is NCC(=O)N[C@H]1CN[C@H](C(=O)Nc2ccc(OCc3ccccc3)cc2)C1. The van der Waals surface area contributed by atoms with Gasteiger partial charge in [-0.3, -0.25) is 9.59 Å². The zero-order valence-corrected chi connectivity index (χ0v) is 15.0. The van der Waals surface area contributed by atoms with Crippen molar-refractivity contribution >= 4 is 17.5 Å². The summed E-state index contributed by atoms with van der Waals surface area (Å²) in [5, 5.41) is 8.78. The second-order valence-electron chi connectivity index (χ2n) is 6.45.